The Labute approximate surface area is 91.5 Å². The molecule has 0 saturated carbocycles. The second-order valence-electron chi connectivity index (χ2n) is 2.24. The Kier molecular flexibility index (Phi) is 6.89. The number of nitrogens with zero attached hydrogens (tertiary/aromatic N) is 1. The highest BCUT2D eigenvalue weighted by Crippen LogP contribution is 2.28. The number of alkyl halides is 3. The lowest BCUT2D eigenvalue weighted by Crippen LogP contribution is -2.07. The van der Waals surface area contributed by atoms with Gasteiger partial charge in [0.15, 0.2) is 0 Å². The zero-order valence-electron chi connectivity index (χ0n) is 6.91. The van der Waals surface area contributed by atoms with Crippen molar-refractivity contribution in [3.8, 4) is 0 Å². The maximum Gasteiger partial charge on any atom is 0.416 e. The zero-order valence-corrected chi connectivity index (χ0v) is 8.55. The van der Waals surface area contributed by atoms with Gasteiger partial charge in [0.2, 0.25) is 0 Å². The van der Waals surface area contributed by atoms with E-state index in [0.29, 0.717) is 0 Å². The van der Waals surface area contributed by atoms with Crippen LogP contribution in [0.3, 0.4) is 0 Å². The fourth-order valence-corrected chi connectivity index (χ4v) is 0.766. The van der Waals surface area contributed by atoms with Crippen molar-refractivity contribution in [2.45, 2.75) is 12.7 Å². The van der Waals surface area contributed by atoms with Crippen molar-refractivity contribution in [2.24, 2.45) is 5.73 Å². The van der Waals surface area contributed by atoms with E-state index < -0.39 is 11.7 Å². The summed E-state index contributed by atoms with van der Waals surface area (Å²) < 4.78 is 36.1. The van der Waals surface area contributed by atoms with Crippen LogP contribution in [0.15, 0.2) is 18.3 Å². The van der Waals surface area contributed by atoms with Gasteiger partial charge in [-0.3, -0.25) is 4.98 Å². The standard InChI is InChI=1S/C7H7F3N2.2ClH/c8-7(9,10)5-1-2-12-6(3-5)4-11;;/h1-3H,4,11H2;2*1H. The van der Waals surface area contributed by atoms with Gasteiger partial charge in [-0.15, -0.1) is 24.8 Å². The quantitative estimate of drug-likeness (QED) is 0.829. The molecule has 1 aromatic rings. The molecule has 0 atom stereocenters. The minimum atomic E-state index is -4.31. The summed E-state index contributed by atoms with van der Waals surface area (Å²) in [4.78, 5) is 3.65. The summed E-state index contributed by atoms with van der Waals surface area (Å²) in [6, 6.07) is 1.86. The zero-order chi connectivity index (χ0) is 9.19. The van der Waals surface area contributed by atoms with Crippen molar-refractivity contribution in [3.63, 3.8) is 0 Å². The second-order valence-corrected chi connectivity index (χ2v) is 2.24. The van der Waals surface area contributed by atoms with E-state index in [1.165, 1.54) is 0 Å². The molecule has 0 aliphatic carbocycles. The van der Waals surface area contributed by atoms with Crippen LogP contribution in [-0.2, 0) is 12.7 Å². The number of pyridine rings is 1. The first-order valence-corrected chi connectivity index (χ1v) is 3.26. The average molecular weight is 249 g/mol. The molecule has 7 heteroatoms. The first-order valence-electron chi connectivity index (χ1n) is 3.26. The van der Waals surface area contributed by atoms with Gasteiger partial charge in [0.1, 0.15) is 0 Å². The van der Waals surface area contributed by atoms with Crippen molar-refractivity contribution >= 4 is 24.8 Å². The van der Waals surface area contributed by atoms with Crippen LogP contribution in [0, 0.1) is 0 Å². The van der Waals surface area contributed by atoms with Gasteiger partial charge in [-0.1, -0.05) is 0 Å². The first-order chi connectivity index (χ1) is 5.54. The number of halogens is 5. The molecule has 0 aromatic carbocycles. The van der Waals surface area contributed by atoms with E-state index in [2.05, 4.69) is 4.98 Å². The highest BCUT2D eigenvalue weighted by Gasteiger charge is 2.30. The van der Waals surface area contributed by atoms with Crippen LogP contribution < -0.4 is 5.73 Å². The van der Waals surface area contributed by atoms with Gasteiger partial charge in [-0.25, -0.2) is 0 Å². The fraction of sp³-hybridized carbons (Fsp3) is 0.286. The largest absolute Gasteiger partial charge is 0.416 e. The van der Waals surface area contributed by atoms with E-state index in [0.717, 1.165) is 18.3 Å². The van der Waals surface area contributed by atoms with Crippen LogP contribution in [0.5, 0.6) is 0 Å². The van der Waals surface area contributed by atoms with Crippen LogP contribution in [-0.4, -0.2) is 4.98 Å². The van der Waals surface area contributed by atoms with E-state index in [-0.39, 0.29) is 37.1 Å². The lowest BCUT2D eigenvalue weighted by Gasteiger charge is -2.06. The molecule has 0 aliphatic heterocycles. The fourth-order valence-electron chi connectivity index (χ4n) is 0.766. The van der Waals surface area contributed by atoms with E-state index in [1.54, 1.807) is 0 Å². The smallest absolute Gasteiger partial charge is 0.325 e. The van der Waals surface area contributed by atoms with Gasteiger partial charge >= 0.3 is 6.18 Å². The van der Waals surface area contributed by atoms with E-state index in [9.17, 15) is 13.2 Å². The Morgan fingerprint density at radius 1 is 1.29 bits per heavy atom. The van der Waals surface area contributed by atoms with Crippen LogP contribution >= 0.6 is 24.8 Å². The highest BCUT2D eigenvalue weighted by atomic mass is 35.5. The molecule has 1 aromatic heterocycles. The summed E-state index contributed by atoms with van der Waals surface area (Å²) in [6.07, 6.45) is -3.21. The van der Waals surface area contributed by atoms with Crippen molar-refractivity contribution in [2.75, 3.05) is 0 Å². The second kappa shape index (κ2) is 6.06. The van der Waals surface area contributed by atoms with Crippen molar-refractivity contribution in [1.82, 2.24) is 4.98 Å². The predicted molar refractivity (Wildman–Crippen MR) is 51.6 cm³/mol. The molecule has 2 nitrogen and oxygen atoms in total. The van der Waals surface area contributed by atoms with Crippen molar-refractivity contribution in [1.29, 1.82) is 0 Å². The Morgan fingerprint density at radius 2 is 1.86 bits per heavy atom. The molecular formula is C7H9Cl2F3N2. The van der Waals surface area contributed by atoms with Gasteiger partial charge in [0.25, 0.3) is 0 Å². The van der Waals surface area contributed by atoms with Gasteiger partial charge < -0.3 is 5.73 Å². The maximum atomic E-state index is 12.0. The minimum Gasteiger partial charge on any atom is -0.325 e. The van der Waals surface area contributed by atoms with Gasteiger partial charge in [0, 0.05) is 12.7 Å². The summed E-state index contributed by atoms with van der Waals surface area (Å²) in [5, 5.41) is 0. The van der Waals surface area contributed by atoms with Gasteiger partial charge in [-0.05, 0) is 12.1 Å². The molecule has 1 heterocycles. The molecular weight excluding hydrogens is 240 g/mol. The molecule has 2 N–H and O–H groups in total. The molecule has 0 unspecified atom stereocenters. The molecule has 0 fully saturated rings. The summed E-state index contributed by atoms with van der Waals surface area (Å²) in [7, 11) is 0. The molecule has 0 amide bonds. The molecule has 82 valence electrons. The Morgan fingerprint density at radius 3 is 2.29 bits per heavy atom. The Balaban J connectivity index is 0. The number of rotatable bonds is 1. The molecule has 0 bridgehead atoms. The summed E-state index contributed by atoms with van der Waals surface area (Å²) in [5.74, 6) is 0. The molecule has 0 spiro atoms. The lowest BCUT2D eigenvalue weighted by molar-refractivity contribution is -0.137. The van der Waals surface area contributed by atoms with E-state index in [1.807, 2.05) is 0 Å². The summed E-state index contributed by atoms with van der Waals surface area (Å²) in [5.41, 5.74) is 4.66. The van der Waals surface area contributed by atoms with Crippen LogP contribution in [0.25, 0.3) is 0 Å². The normalized spacial score (nSPS) is 10.0. The number of hydrogen-bond acceptors (Lipinski definition) is 2. The highest BCUT2D eigenvalue weighted by molar-refractivity contribution is 5.85. The summed E-state index contributed by atoms with van der Waals surface area (Å²) in [6.45, 7) is 0.0178. The number of hydrogen-bond donors (Lipinski definition) is 1. The van der Waals surface area contributed by atoms with Gasteiger partial charge in [-0.2, -0.15) is 13.2 Å². The maximum absolute atomic E-state index is 12.0. The third kappa shape index (κ3) is 4.13. The number of aromatic nitrogens is 1. The lowest BCUT2D eigenvalue weighted by atomic mass is 10.2. The van der Waals surface area contributed by atoms with E-state index in [4.69, 9.17) is 5.73 Å². The Bertz CT molecular complexity index is 278. The van der Waals surface area contributed by atoms with Crippen LogP contribution in [0.4, 0.5) is 13.2 Å². The number of nitrogens with two attached hydrogens (primary N) is 1. The Hall–Kier alpha value is -0.520. The van der Waals surface area contributed by atoms with Crippen molar-refractivity contribution in [3.05, 3.63) is 29.6 Å². The van der Waals surface area contributed by atoms with Crippen LogP contribution in [0.2, 0.25) is 0 Å². The van der Waals surface area contributed by atoms with Crippen molar-refractivity contribution < 1.29 is 13.2 Å². The van der Waals surface area contributed by atoms with E-state index >= 15 is 0 Å². The average Bonchev–Trinajstić information content (AvgIpc) is 2.03. The topological polar surface area (TPSA) is 38.9 Å². The third-order valence-electron chi connectivity index (χ3n) is 1.35. The summed E-state index contributed by atoms with van der Waals surface area (Å²) >= 11 is 0. The first kappa shape index (κ1) is 15.9. The molecule has 0 saturated heterocycles. The predicted octanol–water partition coefficient (Wildman–Crippen LogP) is 2.40. The third-order valence-corrected chi connectivity index (χ3v) is 1.35. The van der Waals surface area contributed by atoms with Crippen LogP contribution in [0.1, 0.15) is 11.3 Å². The molecule has 1 rings (SSSR count). The monoisotopic (exact) mass is 248 g/mol. The SMILES string of the molecule is Cl.Cl.NCc1cc(C(F)(F)F)ccn1. The molecule has 0 aliphatic rings. The molecule has 0 radical (unpaired) electrons. The minimum absolute atomic E-state index is 0. The van der Waals surface area contributed by atoms with Gasteiger partial charge in [0.05, 0.1) is 11.3 Å². The molecule has 14 heavy (non-hydrogen) atoms.